The maximum atomic E-state index is 13.0. The molecule has 1 aliphatic heterocycles. The fraction of sp³-hybridized carbons (Fsp3) is 0.320. The molecule has 3 heterocycles. The minimum atomic E-state index is -4.66. The number of nitrogens with zero attached hydrogens (tertiary/aromatic N) is 2. The molecule has 12 heteroatoms. The molecule has 1 aliphatic rings. The van der Waals surface area contributed by atoms with E-state index < -0.39 is 23.3 Å². The van der Waals surface area contributed by atoms with Crippen LogP contribution < -0.4 is 21.1 Å². The highest BCUT2D eigenvalue weighted by Crippen LogP contribution is 2.32. The number of aliphatic hydroxyl groups is 1. The zero-order valence-corrected chi connectivity index (χ0v) is 19.9. The van der Waals surface area contributed by atoms with Crippen LogP contribution in [0.5, 0.6) is 5.88 Å². The molecule has 0 bridgehead atoms. The molecule has 0 radical (unpaired) electrons. The number of benzene rings is 1. The van der Waals surface area contributed by atoms with E-state index >= 15 is 0 Å². The van der Waals surface area contributed by atoms with Crippen LogP contribution in [0.15, 0.2) is 48.7 Å². The van der Waals surface area contributed by atoms with E-state index in [9.17, 15) is 23.1 Å². The number of amides is 1. The number of alkyl halides is 3. The summed E-state index contributed by atoms with van der Waals surface area (Å²) in [6, 6.07) is 10.5. The van der Waals surface area contributed by atoms with Gasteiger partial charge in [-0.15, -0.1) is 0 Å². The van der Waals surface area contributed by atoms with E-state index in [1.807, 2.05) is 6.92 Å². The van der Waals surface area contributed by atoms with Gasteiger partial charge in [0, 0.05) is 30.1 Å². The molecule has 0 saturated carbocycles. The molecule has 5 N–H and O–H groups in total. The third-order valence-electron chi connectivity index (χ3n) is 5.63. The molecule has 3 aromatic rings. The minimum Gasteiger partial charge on any atom is -0.475 e. The summed E-state index contributed by atoms with van der Waals surface area (Å²) < 4.78 is 50.0. The average Bonchev–Trinajstić information content (AvgIpc) is 2.85. The zero-order valence-electron chi connectivity index (χ0n) is 19.9. The first-order chi connectivity index (χ1) is 17.6. The van der Waals surface area contributed by atoms with E-state index in [0.29, 0.717) is 42.2 Å². The molecule has 4 rings (SSSR count). The van der Waals surface area contributed by atoms with Gasteiger partial charge in [0.15, 0.2) is 0 Å². The van der Waals surface area contributed by atoms with Crippen LogP contribution in [0.25, 0.3) is 11.1 Å². The number of nitrogens with two attached hydrogens (primary N) is 1. The number of carbonyl (C=O) groups excluding carboxylic acids is 1. The molecule has 9 nitrogen and oxygen atoms in total. The average molecular weight is 518 g/mol. The van der Waals surface area contributed by atoms with Crippen LogP contribution in [0, 0.1) is 6.92 Å². The summed E-state index contributed by atoms with van der Waals surface area (Å²) in [6.45, 7) is 3.00. The van der Waals surface area contributed by atoms with Crippen LogP contribution in [-0.2, 0) is 10.9 Å². The number of aromatic nitrogens is 2. The zero-order chi connectivity index (χ0) is 26.6. The molecule has 1 aromatic carbocycles. The molecule has 1 saturated heterocycles. The number of nitrogens with one attached hydrogen (secondary N) is 2. The molecule has 0 atom stereocenters. The molecule has 0 spiro atoms. The largest absolute Gasteiger partial charge is 0.475 e. The first kappa shape index (κ1) is 26.3. The van der Waals surface area contributed by atoms with Crippen molar-refractivity contribution in [1.29, 1.82) is 0 Å². The lowest BCUT2D eigenvalue weighted by Crippen LogP contribution is -2.61. The van der Waals surface area contributed by atoms with Crippen LogP contribution in [0.2, 0.25) is 0 Å². The lowest BCUT2D eigenvalue weighted by molar-refractivity contribution is -0.141. The highest BCUT2D eigenvalue weighted by molar-refractivity contribution is 6.04. The Morgan fingerprint density at radius 1 is 1.22 bits per heavy atom. The van der Waals surface area contributed by atoms with Crippen molar-refractivity contribution in [1.82, 2.24) is 9.97 Å². The van der Waals surface area contributed by atoms with Gasteiger partial charge >= 0.3 is 6.18 Å². The SMILES string of the molecule is Cc1ccc(NC(=O)c2ccnc(C(F)(F)F)c2)cc1-c1cc(NCCO)nc(OCC2(N)COC2)c1. The highest BCUT2D eigenvalue weighted by atomic mass is 19.4. The van der Waals surface area contributed by atoms with Gasteiger partial charge in [-0.25, -0.2) is 0 Å². The van der Waals surface area contributed by atoms with Crippen LogP contribution in [0.3, 0.4) is 0 Å². The monoisotopic (exact) mass is 517 g/mol. The third-order valence-corrected chi connectivity index (χ3v) is 5.63. The lowest BCUT2D eigenvalue weighted by Gasteiger charge is -2.36. The Kier molecular flexibility index (Phi) is 7.62. The second kappa shape index (κ2) is 10.7. The number of rotatable bonds is 9. The molecular formula is C25H26F3N5O4. The van der Waals surface area contributed by atoms with Crippen molar-refractivity contribution >= 4 is 17.4 Å². The second-order valence-corrected chi connectivity index (χ2v) is 8.78. The molecule has 1 fully saturated rings. The Morgan fingerprint density at radius 2 is 2.00 bits per heavy atom. The predicted octanol–water partition coefficient (Wildman–Crippen LogP) is 3.23. The Morgan fingerprint density at radius 3 is 2.68 bits per heavy atom. The summed E-state index contributed by atoms with van der Waals surface area (Å²) in [5.41, 5.74) is 6.94. The number of carbonyl (C=O) groups is 1. The third kappa shape index (κ3) is 6.53. The van der Waals surface area contributed by atoms with Crippen molar-refractivity contribution in [3.05, 3.63) is 65.5 Å². The topological polar surface area (TPSA) is 132 Å². The number of hydrogen-bond acceptors (Lipinski definition) is 8. The Hall–Kier alpha value is -3.74. The van der Waals surface area contributed by atoms with E-state index in [1.54, 1.807) is 30.3 Å². The Labute approximate surface area is 210 Å². The van der Waals surface area contributed by atoms with E-state index in [2.05, 4.69) is 20.6 Å². The van der Waals surface area contributed by atoms with Crippen LogP contribution in [0.1, 0.15) is 21.6 Å². The van der Waals surface area contributed by atoms with Crippen molar-refractivity contribution in [3.63, 3.8) is 0 Å². The van der Waals surface area contributed by atoms with Crippen molar-refractivity contribution in [2.75, 3.05) is 43.6 Å². The smallest absolute Gasteiger partial charge is 0.433 e. The van der Waals surface area contributed by atoms with Crippen LogP contribution in [-0.4, -0.2) is 59.5 Å². The summed E-state index contributed by atoms with van der Waals surface area (Å²) in [5.74, 6) is 0.0606. The Bertz CT molecular complexity index is 1280. The molecule has 0 unspecified atom stereocenters. The fourth-order valence-electron chi connectivity index (χ4n) is 3.62. The summed E-state index contributed by atoms with van der Waals surface area (Å²) in [6.07, 6.45) is -3.72. The first-order valence-corrected chi connectivity index (χ1v) is 11.4. The van der Waals surface area contributed by atoms with Gasteiger partial charge in [0.1, 0.15) is 18.1 Å². The molecule has 196 valence electrons. The summed E-state index contributed by atoms with van der Waals surface area (Å²) in [7, 11) is 0. The van der Waals surface area contributed by atoms with Crippen molar-refractivity contribution < 1.29 is 32.5 Å². The number of halogens is 3. The summed E-state index contributed by atoms with van der Waals surface area (Å²) in [5, 5.41) is 14.8. The fourth-order valence-corrected chi connectivity index (χ4v) is 3.62. The van der Waals surface area contributed by atoms with E-state index in [0.717, 1.165) is 17.3 Å². The van der Waals surface area contributed by atoms with Gasteiger partial charge in [0.25, 0.3) is 5.91 Å². The second-order valence-electron chi connectivity index (χ2n) is 8.78. The standard InChI is InChI=1S/C25H26F3N5O4/c1-15-2-3-18(32-23(35)16-4-5-30-20(8-16)25(26,27)28)11-19(15)17-9-21(31-6-7-34)33-22(10-17)37-14-24(29)12-36-13-24/h2-5,8-11,34H,6-7,12-14,29H2,1H3,(H,31,33)(H,32,35). The molecule has 2 aromatic heterocycles. The number of aliphatic hydroxyl groups excluding tert-OH is 1. The maximum Gasteiger partial charge on any atom is 0.433 e. The van der Waals surface area contributed by atoms with Crippen molar-refractivity contribution in [3.8, 4) is 17.0 Å². The molecular weight excluding hydrogens is 491 g/mol. The van der Waals surface area contributed by atoms with Crippen LogP contribution in [0.4, 0.5) is 24.7 Å². The maximum absolute atomic E-state index is 13.0. The van der Waals surface area contributed by atoms with Gasteiger partial charge in [-0.1, -0.05) is 6.07 Å². The van der Waals surface area contributed by atoms with Gasteiger partial charge in [0.05, 0.1) is 25.4 Å². The molecule has 1 amide bonds. The Balaban J connectivity index is 1.60. The highest BCUT2D eigenvalue weighted by Gasteiger charge is 2.35. The summed E-state index contributed by atoms with van der Waals surface area (Å²) >= 11 is 0. The van der Waals surface area contributed by atoms with Gasteiger partial charge in [-0.05, 0) is 53.9 Å². The van der Waals surface area contributed by atoms with E-state index in [1.165, 1.54) is 6.07 Å². The summed E-state index contributed by atoms with van der Waals surface area (Å²) in [4.78, 5) is 20.4. The van der Waals surface area contributed by atoms with Gasteiger partial charge in [0.2, 0.25) is 5.88 Å². The van der Waals surface area contributed by atoms with Crippen molar-refractivity contribution in [2.24, 2.45) is 5.73 Å². The molecule has 37 heavy (non-hydrogen) atoms. The number of hydrogen-bond donors (Lipinski definition) is 4. The quantitative estimate of drug-likeness (QED) is 0.340. The van der Waals surface area contributed by atoms with E-state index in [-0.39, 0.29) is 25.3 Å². The lowest BCUT2D eigenvalue weighted by atomic mass is 10.00. The number of anilines is 2. The van der Waals surface area contributed by atoms with Crippen molar-refractivity contribution in [2.45, 2.75) is 18.6 Å². The number of aryl methyl sites for hydroxylation is 1. The van der Waals surface area contributed by atoms with Gasteiger partial charge < -0.3 is 30.9 Å². The normalized spacial score (nSPS) is 14.5. The van der Waals surface area contributed by atoms with E-state index in [4.69, 9.17) is 15.2 Å². The number of pyridine rings is 2. The van der Waals surface area contributed by atoms with Gasteiger partial charge in [-0.3, -0.25) is 9.78 Å². The number of ether oxygens (including phenoxy) is 2. The van der Waals surface area contributed by atoms with Crippen LogP contribution >= 0.6 is 0 Å². The predicted molar refractivity (Wildman–Crippen MR) is 130 cm³/mol. The first-order valence-electron chi connectivity index (χ1n) is 11.4. The molecule has 0 aliphatic carbocycles. The minimum absolute atomic E-state index is 0.100. The van der Waals surface area contributed by atoms with Gasteiger partial charge in [-0.2, -0.15) is 18.2 Å².